The van der Waals surface area contributed by atoms with Crippen LogP contribution in [-0.4, -0.2) is 31.5 Å². The smallest absolute Gasteiger partial charge is 0.0531 e. The van der Waals surface area contributed by atoms with Crippen LogP contribution in [0.3, 0.4) is 0 Å². The van der Waals surface area contributed by atoms with Gasteiger partial charge in [-0.1, -0.05) is 6.92 Å². The molecule has 0 aromatic heterocycles. The molecule has 3 N–H and O–H groups in total. The Kier molecular flexibility index (Phi) is 4.65. The third kappa shape index (κ3) is 3.18. The van der Waals surface area contributed by atoms with Crippen LogP contribution < -0.4 is 5.73 Å². The first-order valence-electron chi connectivity index (χ1n) is 3.92. The van der Waals surface area contributed by atoms with Crippen molar-refractivity contribution in [1.29, 1.82) is 0 Å². The normalized spacial score (nSPS) is 19.4. The first-order valence-corrected chi connectivity index (χ1v) is 3.92. The summed E-state index contributed by atoms with van der Waals surface area (Å²) in [6.07, 6.45) is 0.693. The molecule has 11 heavy (non-hydrogen) atoms. The second-order valence-electron chi connectivity index (χ2n) is 3.35. The van der Waals surface area contributed by atoms with Crippen LogP contribution in [0.2, 0.25) is 0 Å². The van der Waals surface area contributed by atoms with Crippen molar-refractivity contribution in [1.82, 2.24) is 0 Å². The Bertz CT molecular complexity index is 98.3. The van der Waals surface area contributed by atoms with Gasteiger partial charge in [0.15, 0.2) is 0 Å². The van der Waals surface area contributed by atoms with Gasteiger partial charge in [-0.2, -0.15) is 0 Å². The van der Waals surface area contributed by atoms with E-state index in [1.807, 2.05) is 13.8 Å². The molecule has 0 aromatic rings. The molecule has 0 radical (unpaired) electrons. The Morgan fingerprint density at radius 2 is 2.18 bits per heavy atom. The van der Waals surface area contributed by atoms with Crippen molar-refractivity contribution in [2.24, 2.45) is 11.1 Å². The number of methoxy groups -OCH3 is 1. The average Bonchev–Trinajstić information content (AvgIpc) is 1.88. The van der Waals surface area contributed by atoms with Crippen molar-refractivity contribution < 1.29 is 9.84 Å². The SMILES string of the molecule is COCC(C)(CCO)C(C)N. The Morgan fingerprint density at radius 3 is 2.45 bits per heavy atom. The van der Waals surface area contributed by atoms with Crippen LogP contribution in [0.25, 0.3) is 0 Å². The van der Waals surface area contributed by atoms with E-state index in [1.54, 1.807) is 7.11 Å². The molecule has 3 nitrogen and oxygen atoms in total. The summed E-state index contributed by atoms with van der Waals surface area (Å²) in [4.78, 5) is 0. The quantitative estimate of drug-likeness (QED) is 0.612. The van der Waals surface area contributed by atoms with E-state index in [0.717, 1.165) is 0 Å². The summed E-state index contributed by atoms with van der Waals surface area (Å²) >= 11 is 0. The lowest BCUT2D eigenvalue weighted by Gasteiger charge is -2.31. The van der Waals surface area contributed by atoms with Crippen molar-refractivity contribution in [2.45, 2.75) is 26.3 Å². The predicted octanol–water partition coefficient (Wildman–Crippen LogP) is 0.369. The van der Waals surface area contributed by atoms with Crippen molar-refractivity contribution in [3.05, 3.63) is 0 Å². The minimum Gasteiger partial charge on any atom is -0.396 e. The molecule has 0 saturated carbocycles. The minimum atomic E-state index is -0.0938. The van der Waals surface area contributed by atoms with Crippen molar-refractivity contribution in [2.75, 3.05) is 20.3 Å². The number of hydrogen-bond acceptors (Lipinski definition) is 3. The van der Waals surface area contributed by atoms with Crippen LogP contribution in [0.15, 0.2) is 0 Å². The number of rotatable bonds is 5. The molecule has 0 aromatic carbocycles. The van der Waals surface area contributed by atoms with Gasteiger partial charge in [0.1, 0.15) is 0 Å². The molecule has 0 amide bonds. The summed E-state index contributed by atoms with van der Waals surface area (Å²) in [5.41, 5.74) is 5.66. The molecular weight excluding hydrogens is 142 g/mol. The van der Waals surface area contributed by atoms with Crippen molar-refractivity contribution in [3.8, 4) is 0 Å². The summed E-state index contributed by atoms with van der Waals surface area (Å²) in [6.45, 7) is 4.73. The fourth-order valence-electron chi connectivity index (χ4n) is 1.02. The van der Waals surface area contributed by atoms with Crippen LogP contribution >= 0.6 is 0 Å². The monoisotopic (exact) mass is 161 g/mol. The van der Waals surface area contributed by atoms with E-state index in [4.69, 9.17) is 15.6 Å². The van der Waals surface area contributed by atoms with Gasteiger partial charge in [-0.3, -0.25) is 0 Å². The summed E-state index contributed by atoms with van der Waals surface area (Å²) in [5.74, 6) is 0. The largest absolute Gasteiger partial charge is 0.396 e. The Balaban J connectivity index is 4.01. The fourth-order valence-corrected chi connectivity index (χ4v) is 1.02. The fraction of sp³-hybridized carbons (Fsp3) is 1.00. The maximum absolute atomic E-state index is 8.77. The Hall–Kier alpha value is -0.120. The standard InChI is InChI=1S/C8H19NO2/c1-7(9)8(2,4-5-10)6-11-3/h7,10H,4-6,9H2,1-3H3. The summed E-state index contributed by atoms with van der Waals surface area (Å²) in [5, 5.41) is 8.77. The van der Waals surface area contributed by atoms with Crippen LogP contribution in [0.1, 0.15) is 20.3 Å². The maximum Gasteiger partial charge on any atom is 0.0531 e. The molecule has 0 aliphatic rings. The molecule has 2 atom stereocenters. The number of aliphatic hydroxyl groups excluding tert-OH is 1. The van der Waals surface area contributed by atoms with E-state index >= 15 is 0 Å². The van der Waals surface area contributed by atoms with Gasteiger partial charge in [-0.25, -0.2) is 0 Å². The molecule has 0 aliphatic heterocycles. The molecule has 0 saturated heterocycles. The van der Waals surface area contributed by atoms with Gasteiger partial charge in [-0.05, 0) is 13.3 Å². The molecule has 0 fully saturated rings. The van der Waals surface area contributed by atoms with E-state index in [0.29, 0.717) is 13.0 Å². The molecule has 3 heteroatoms. The Labute approximate surface area is 68.5 Å². The highest BCUT2D eigenvalue weighted by atomic mass is 16.5. The molecule has 0 spiro atoms. The lowest BCUT2D eigenvalue weighted by Crippen LogP contribution is -2.41. The maximum atomic E-state index is 8.77. The van der Waals surface area contributed by atoms with Gasteiger partial charge in [-0.15, -0.1) is 0 Å². The highest BCUT2D eigenvalue weighted by molar-refractivity contribution is 4.81. The summed E-state index contributed by atoms with van der Waals surface area (Å²) in [6, 6.07) is 0.0506. The van der Waals surface area contributed by atoms with Crippen LogP contribution in [0, 0.1) is 5.41 Å². The minimum absolute atomic E-state index is 0.0506. The zero-order valence-corrected chi connectivity index (χ0v) is 7.63. The second-order valence-corrected chi connectivity index (χ2v) is 3.35. The number of aliphatic hydroxyl groups is 1. The van der Waals surface area contributed by atoms with E-state index in [-0.39, 0.29) is 18.1 Å². The second kappa shape index (κ2) is 4.70. The highest BCUT2D eigenvalue weighted by Gasteiger charge is 2.27. The average molecular weight is 161 g/mol. The summed E-state index contributed by atoms with van der Waals surface area (Å²) < 4.78 is 5.03. The molecule has 0 heterocycles. The lowest BCUT2D eigenvalue weighted by atomic mass is 9.81. The third-order valence-electron chi connectivity index (χ3n) is 2.26. The first-order chi connectivity index (χ1) is 5.06. The van der Waals surface area contributed by atoms with Crippen LogP contribution in [0.4, 0.5) is 0 Å². The summed E-state index contributed by atoms with van der Waals surface area (Å²) in [7, 11) is 1.65. The van der Waals surface area contributed by atoms with Crippen LogP contribution in [-0.2, 0) is 4.74 Å². The molecule has 68 valence electrons. The molecule has 0 bridgehead atoms. The van der Waals surface area contributed by atoms with Gasteiger partial charge >= 0.3 is 0 Å². The molecule has 0 aliphatic carbocycles. The van der Waals surface area contributed by atoms with E-state index in [9.17, 15) is 0 Å². The predicted molar refractivity (Wildman–Crippen MR) is 45.3 cm³/mol. The van der Waals surface area contributed by atoms with Gasteiger partial charge in [0.25, 0.3) is 0 Å². The molecule has 2 unspecified atom stereocenters. The van der Waals surface area contributed by atoms with E-state index in [1.165, 1.54) is 0 Å². The van der Waals surface area contributed by atoms with Gasteiger partial charge in [0.2, 0.25) is 0 Å². The molecular formula is C8H19NO2. The lowest BCUT2D eigenvalue weighted by molar-refractivity contribution is 0.0549. The number of hydrogen-bond donors (Lipinski definition) is 2. The topological polar surface area (TPSA) is 55.5 Å². The molecule has 0 rings (SSSR count). The Morgan fingerprint density at radius 1 is 1.64 bits per heavy atom. The van der Waals surface area contributed by atoms with Gasteiger partial charge < -0.3 is 15.6 Å². The zero-order valence-electron chi connectivity index (χ0n) is 7.63. The third-order valence-corrected chi connectivity index (χ3v) is 2.26. The van der Waals surface area contributed by atoms with Crippen molar-refractivity contribution in [3.63, 3.8) is 0 Å². The van der Waals surface area contributed by atoms with Gasteiger partial charge in [0.05, 0.1) is 6.61 Å². The zero-order chi connectivity index (χ0) is 8.91. The van der Waals surface area contributed by atoms with E-state index in [2.05, 4.69) is 0 Å². The van der Waals surface area contributed by atoms with Crippen molar-refractivity contribution >= 4 is 0 Å². The number of nitrogens with two attached hydrogens (primary N) is 1. The highest BCUT2D eigenvalue weighted by Crippen LogP contribution is 2.24. The first kappa shape index (κ1) is 10.9. The van der Waals surface area contributed by atoms with Crippen LogP contribution in [0.5, 0.6) is 0 Å². The number of ether oxygens (including phenoxy) is 1. The van der Waals surface area contributed by atoms with E-state index < -0.39 is 0 Å². The van der Waals surface area contributed by atoms with Gasteiger partial charge in [0, 0.05) is 25.2 Å².